The molecule has 0 radical (unpaired) electrons. The summed E-state index contributed by atoms with van der Waals surface area (Å²) in [6.45, 7) is 0. The number of nitrogens with zero attached hydrogens (tertiary/aromatic N) is 3. The number of amides is 1. The second-order valence-corrected chi connectivity index (χ2v) is 6.58. The Bertz CT molecular complexity index is 1250. The Balaban J connectivity index is 2.06. The van der Waals surface area contributed by atoms with Crippen molar-refractivity contribution in [2.45, 2.75) is 0 Å². The fourth-order valence-corrected chi connectivity index (χ4v) is 3.06. The summed E-state index contributed by atoms with van der Waals surface area (Å²) in [6.07, 6.45) is 0. The van der Waals surface area contributed by atoms with E-state index in [0.29, 0.717) is 21.3 Å². The number of aromatic amines is 1. The summed E-state index contributed by atoms with van der Waals surface area (Å²) < 4.78 is 1.31. The molecule has 0 fully saturated rings. The predicted octanol–water partition coefficient (Wildman–Crippen LogP) is 3.18. The van der Waals surface area contributed by atoms with Gasteiger partial charge in [-0.1, -0.05) is 29.3 Å². The van der Waals surface area contributed by atoms with Gasteiger partial charge < -0.3 is 10.7 Å². The Morgan fingerprint density at radius 1 is 1.04 bits per heavy atom. The van der Waals surface area contributed by atoms with E-state index in [1.54, 1.807) is 48.5 Å². The van der Waals surface area contributed by atoms with Crippen LogP contribution >= 0.6 is 23.2 Å². The van der Waals surface area contributed by atoms with Crippen LogP contribution in [0.15, 0.2) is 53.3 Å². The zero-order valence-electron chi connectivity index (χ0n) is 13.6. The molecule has 0 atom stereocenters. The lowest BCUT2D eigenvalue weighted by Gasteiger charge is -2.07. The first-order chi connectivity index (χ1) is 12.9. The largest absolute Gasteiger partial charge is 0.364 e. The van der Waals surface area contributed by atoms with Crippen molar-refractivity contribution in [1.29, 1.82) is 0 Å². The van der Waals surface area contributed by atoms with E-state index in [2.05, 4.69) is 15.0 Å². The number of hydrogen-bond donors (Lipinski definition) is 2. The van der Waals surface area contributed by atoms with Crippen LogP contribution in [0.25, 0.3) is 28.2 Å². The number of hydrogen-bond acceptors (Lipinski definition) is 4. The van der Waals surface area contributed by atoms with Gasteiger partial charge in [0.15, 0.2) is 17.2 Å². The highest BCUT2D eigenvalue weighted by Gasteiger charge is 2.20. The topological polar surface area (TPSA) is 107 Å². The van der Waals surface area contributed by atoms with Crippen LogP contribution in [0, 0.1) is 0 Å². The second-order valence-electron chi connectivity index (χ2n) is 5.71. The number of H-pyrrole nitrogens is 1. The third-order valence-electron chi connectivity index (χ3n) is 3.94. The van der Waals surface area contributed by atoms with Crippen molar-refractivity contribution in [2.24, 2.45) is 5.73 Å². The van der Waals surface area contributed by atoms with Crippen molar-refractivity contribution in [2.75, 3.05) is 0 Å². The molecule has 0 bridgehead atoms. The highest BCUT2D eigenvalue weighted by atomic mass is 35.5. The fraction of sp³-hybridized carbons (Fsp3) is 0. The molecular formula is C18H11Cl2N5O2. The molecule has 0 aliphatic heterocycles. The van der Waals surface area contributed by atoms with E-state index in [1.807, 2.05) is 0 Å². The molecule has 0 unspecified atom stereocenters. The van der Waals surface area contributed by atoms with Gasteiger partial charge in [-0.15, -0.1) is 0 Å². The summed E-state index contributed by atoms with van der Waals surface area (Å²) in [5, 5.41) is 1.00. The maximum Gasteiger partial charge on any atom is 0.332 e. The molecule has 9 heteroatoms. The quantitative estimate of drug-likeness (QED) is 0.551. The number of benzene rings is 2. The third kappa shape index (κ3) is 3.07. The smallest absolute Gasteiger partial charge is 0.332 e. The molecule has 4 aromatic rings. The summed E-state index contributed by atoms with van der Waals surface area (Å²) in [5.74, 6) is -0.542. The summed E-state index contributed by atoms with van der Waals surface area (Å²) >= 11 is 12.0. The molecule has 1 amide bonds. The third-order valence-corrected chi connectivity index (χ3v) is 4.43. The van der Waals surface area contributed by atoms with Crippen molar-refractivity contribution in [1.82, 2.24) is 19.5 Å². The van der Waals surface area contributed by atoms with Crippen LogP contribution in [-0.4, -0.2) is 25.4 Å². The van der Waals surface area contributed by atoms with E-state index < -0.39 is 11.6 Å². The van der Waals surface area contributed by atoms with E-state index in [9.17, 15) is 9.59 Å². The van der Waals surface area contributed by atoms with Gasteiger partial charge in [0.05, 0.1) is 5.69 Å². The minimum absolute atomic E-state index is 0.0807. The summed E-state index contributed by atoms with van der Waals surface area (Å²) in [7, 11) is 0. The van der Waals surface area contributed by atoms with Crippen molar-refractivity contribution in [3.8, 4) is 17.1 Å². The molecule has 7 nitrogen and oxygen atoms in total. The van der Waals surface area contributed by atoms with Gasteiger partial charge >= 0.3 is 5.69 Å². The standard InChI is InChI=1S/C18H11Cl2N5O2/c19-10-6-4-9(5-7-10)16-22-13(15(21)26)14-17(24-16)25(18(27)23-14)12-3-1-2-11(20)8-12/h1-8H,(H2,21,26)(H,23,27). The van der Waals surface area contributed by atoms with Crippen molar-refractivity contribution in [3.05, 3.63) is 74.8 Å². The van der Waals surface area contributed by atoms with Crippen LogP contribution in [0.4, 0.5) is 0 Å². The van der Waals surface area contributed by atoms with Gasteiger partial charge in [-0.25, -0.2) is 19.3 Å². The first kappa shape index (κ1) is 17.3. The van der Waals surface area contributed by atoms with Crippen LogP contribution < -0.4 is 11.4 Å². The molecule has 0 spiro atoms. The van der Waals surface area contributed by atoms with E-state index >= 15 is 0 Å². The van der Waals surface area contributed by atoms with E-state index in [0.717, 1.165) is 0 Å². The predicted molar refractivity (Wildman–Crippen MR) is 103 cm³/mol. The molecule has 0 saturated carbocycles. The number of imidazole rings is 1. The number of nitrogens with one attached hydrogen (secondary N) is 1. The molecule has 0 aliphatic carbocycles. The number of halogens is 2. The second kappa shape index (κ2) is 6.53. The number of nitrogens with two attached hydrogens (primary N) is 1. The van der Waals surface area contributed by atoms with Crippen molar-refractivity contribution < 1.29 is 4.79 Å². The average Bonchev–Trinajstić information content (AvgIpc) is 2.97. The lowest BCUT2D eigenvalue weighted by atomic mass is 10.2. The highest BCUT2D eigenvalue weighted by molar-refractivity contribution is 6.31. The van der Waals surface area contributed by atoms with Gasteiger partial charge in [0.1, 0.15) is 5.52 Å². The summed E-state index contributed by atoms with van der Waals surface area (Å²) in [6, 6.07) is 13.5. The van der Waals surface area contributed by atoms with E-state index in [-0.39, 0.29) is 22.7 Å². The maximum absolute atomic E-state index is 12.5. The maximum atomic E-state index is 12.5. The zero-order chi connectivity index (χ0) is 19.1. The Kier molecular flexibility index (Phi) is 4.18. The minimum atomic E-state index is -0.780. The highest BCUT2D eigenvalue weighted by Crippen LogP contribution is 2.24. The number of primary amides is 1. The van der Waals surface area contributed by atoms with Gasteiger partial charge in [-0.05, 0) is 42.5 Å². The van der Waals surface area contributed by atoms with E-state index in [4.69, 9.17) is 28.9 Å². The molecular weight excluding hydrogens is 389 g/mol. The van der Waals surface area contributed by atoms with Gasteiger partial charge in [-0.3, -0.25) is 4.79 Å². The monoisotopic (exact) mass is 399 g/mol. The van der Waals surface area contributed by atoms with Crippen LogP contribution in [-0.2, 0) is 0 Å². The lowest BCUT2D eigenvalue weighted by molar-refractivity contribution is 0.0997. The van der Waals surface area contributed by atoms with Crippen LogP contribution in [0.1, 0.15) is 10.5 Å². The molecule has 2 aromatic heterocycles. The Hall–Kier alpha value is -3.16. The Morgan fingerprint density at radius 2 is 1.78 bits per heavy atom. The van der Waals surface area contributed by atoms with E-state index in [1.165, 1.54) is 4.57 Å². The van der Waals surface area contributed by atoms with Crippen LogP contribution in [0.5, 0.6) is 0 Å². The first-order valence-corrected chi connectivity index (χ1v) is 8.54. The summed E-state index contributed by atoms with van der Waals surface area (Å²) in [4.78, 5) is 35.8. The lowest BCUT2D eigenvalue weighted by Crippen LogP contribution is -2.15. The van der Waals surface area contributed by atoms with Crippen LogP contribution in [0.3, 0.4) is 0 Å². The normalized spacial score (nSPS) is 11.0. The number of rotatable bonds is 3. The molecule has 0 aliphatic rings. The molecule has 3 N–H and O–H groups in total. The fourth-order valence-electron chi connectivity index (χ4n) is 2.75. The Morgan fingerprint density at radius 3 is 2.44 bits per heavy atom. The molecule has 27 heavy (non-hydrogen) atoms. The molecule has 134 valence electrons. The number of carbonyl (C=O) groups excluding carboxylic acids is 1. The van der Waals surface area contributed by atoms with Crippen molar-refractivity contribution >= 4 is 40.3 Å². The van der Waals surface area contributed by atoms with Gasteiger partial charge in [-0.2, -0.15) is 0 Å². The SMILES string of the molecule is NC(=O)c1nc(-c2ccc(Cl)cc2)nc2c1[nH]c(=O)n2-c1cccc(Cl)c1. The Labute approximate surface area is 162 Å². The average molecular weight is 400 g/mol. The molecule has 4 rings (SSSR count). The first-order valence-electron chi connectivity index (χ1n) is 7.78. The minimum Gasteiger partial charge on any atom is -0.364 e. The number of fused-ring (bicyclic) bond motifs is 1. The van der Waals surface area contributed by atoms with Crippen LogP contribution in [0.2, 0.25) is 10.0 Å². The zero-order valence-corrected chi connectivity index (χ0v) is 15.1. The summed E-state index contributed by atoms with van der Waals surface area (Å²) in [5.41, 5.74) is 6.39. The number of aromatic nitrogens is 4. The molecule has 2 heterocycles. The molecule has 0 saturated heterocycles. The van der Waals surface area contributed by atoms with Gasteiger partial charge in [0.25, 0.3) is 5.91 Å². The van der Waals surface area contributed by atoms with Gasteiger partial charge in [0.2, 0.25) is 0 Å². The van der Waals surface area contributed by atoms with Crippen molar-refractivity contribution in [3.63, 3.8) is 0 Å². The molecule has 2 aromatic carbocycles. The number of carbonyl (C=O) groups is 1. The van der Waals surface area contributed by atoms with Gasteiger partial charge in [0, 0.05) is 15.6 Å².